The molecular formula is C15H28BrNO4. The SMILES string of the molecule is CCOCCOC1(CBr)CCCN(C(=O)OC(C)(C)C)C1. The molecule has 6 heteroatoms. The third-order valence-corrected chi connectivity index (χ3v) is 4.30. The van der Waals surface area contributed by atoms with Crippen molar-refractivity contribution in [3.63, 3.8) is 0 Å². The molecule has 0 aromatic carbocycles. The van der Waals surface area contributed by atoms with Crippen molar-refractivity contribution in [1.29, 1.82) is 0 Å². The lowest BCUT2D eigenvalue weighted by molar-refractivity contribution is -0.0892. The first kappa shape index (κ1) is 18.7. The van der Waals surface area contributed by atoms with E-state index >= 15 is 0 Å². The Labute approximate surface area is 136 Å². The highest BCUT2D eigenvalue weighted by Gasteiger charge is 2.38. The monoisotopic (exact) mass is 365 g/mol. The van der Waals surface area contributed by atoms with Crippen molar-refractivity contribution in [1.82, 2.24) is 4.90 Å². The largest absolute Gasteiger partial charge is 0.444 e. The van der Waals surface area contributed by atoms with Gasteiger partial charge in [0.1, 0.15) is 5.60 Å². The molecule has 0 bridgehead atoms. The van der Waals surface area contributed by atoms with Gasteiger partial charge in [0.15, 0.2) is 0 Å². The summed E-state index contributed by atoms with van der Waals surface area (Å²) in [6.07, 6.45) is 1.59. The molecule has 0 aromatic heterocycles. The van der Waals surface area contributed by atoms with Gasteiger partial charge in [0.05, 0.1) is 25.4 Å². The van der Waals surface area contributed by atoms with E-state index in [1.165, 1.54) is 0 Å². The van der Waals surface area contributed by atoms with Crippen LogP contribution in [-0.4, -0.2) is 60.4 Å². The fraction of sp³-hybridized carbons (Fsp3) is 0.933. The van der Waals surface area contributed by atoms with E-state index in [-0.39, 0.29) is 11.7 Å². The van der Waals surface area contributed by atoms with Crippen LogP contribution in [0.2, 0.25) is 0 Å². The Balaban J connectivity index is 2.56. The average Bonchev–Trinajstić information content (AvgIpc) is 2.42. The smallest absolute Gasteiger partial charge is 0.410 e. The fourth-order valence-corrected chi connectivity index (χ4v) is 2.93. The number of nitrogens with zero attached hydrogens (tertiary/aromatic N) is 1. The molecule has 5 nitrogen and oxygen atoms in total. The Kier molecular flexibility index (Phi) is 7.44. The van der Waals surface area contributed by atoms with Crippen LogP contribution in [0.4, 0.5) is 4.79 Å². The predicted octanol–water partition coefficient (Wildman–Crippen LogP) is 3.20. The van der Waals surface area contributed by atoms with E-state index in [1.807, 2.05) is 27.7 Å². The topological polar surface area (TPSA) is 48.0 Å². The van der Waals surface area contributed by atoms with Gasteiger partial charge in [-0.3, -0.25) is 0 Å². The van der Waals surface area contributed by atoms with E-state index in [4.69, 9.17) is 14.2 Å². The standard InChI is InChI=1S/C15H28BrNO4/c1-5-19-9-10-20-15(11-16)7-6-8-17(12-15)13(18)21-14(2,3)4/h5-12H2,1-4H3. The third-order valence-electron chi connectivity index (χ3n) is 3.27. The Morgan fingerprint density at radius 1 is 1.33 bits per heavy atom. The molecule has 0 spiro atoms. The molecule has 0 saturated carbocycles. The Morgan fingerprint density at radius 3 is 2.62 bits per heavy atom. The van der Waals surface area contributed by atoms with Gasteiger partial charge in [0, 0.05) is 18.5 Å². The van der Waals surface area contributed by atoms with Crippen molar-refractivity contribution in [2.75, 3.05) is 38.2 Å². The second kappa shape index (κ2) is 8.34. The molecule has 124 valence electrons. The molecule has 21 heavy (non-hydrogen) atoms. The van der Waals surface area contributed by atoms with Gasteiger partial charge in [-0.1, -0.05) is 15.9 Å². The Hall–Kier alpha value is -0.330. The third kappa shape index (κ3) is 6.53. The number of ether oxygens (including phenoxy) is 3. The molecule has 1 atom stereocenters. The molecule has 0 radical (unpaired) electrons. The van der Waals surface area contributed by atoms with E-state index in [2.05, 4.69) is 15.9 Å². The minimum absolute atomic E-state index is 0.263. The number of hydrogen-bond donors (Lipinski definition) is 0. The summed E-state index contributed by atoms with van der Waals surface area (Å²) in [6.45, 7) is 10.7. The molecule has 1 unspecified atom stereocenters. The van der Waals surface area contributed by atoms with Gasteiger partial charge in [-0.2, -0.15) is 0 Å². The van der Waals surface area contributed by atoms with Gasteiger partial charge >= 0.3 is 6.09 Å². The van der Waals surface area contributed by atoms with Crippen molar-refractivity contribution in [3.05, 3.63) is 0 Å². The fourth-order valence-electron chi connectivity index (χ4n) is 2.31. The van der Waals surface area contributed by atoms with E-state index < -0.39 is 5.60 Å². The van der Waals surface area contributed by atoms with Gasteiger partial charge in [0.25, 0.3) is 0 Å². The normalized spacial score (nSPS) is 23.2. The summed E-state index contributed by atoms with van der Waals surface area (Å²) in [6, 6.07) is 0. The van der Waals surface area contributed by atoms with E-state index in [0.717, 1.165) is 19.4 Å². The lowest BCUT2D eigenvalue weighted by Gasteiger charge is -2.41. The Bertz CT molecular complexity index is 332. The summed E-state index contributed by atoms with van der Waals surface area (Å²) < 4.78 is 16.8. The second-order valence-corrected chi connectivity index (χ2v) is 6.93. The van der Waals surface area contributed by atoms with Crippen molar-refractivity contribution < 1.29 is 19.0 Å². The van der Waals surface area contributed by atoms with Gasteiger partial charge in [-0.15, -0.1) is 0 Å². The molecule has 0 aliphatic carbocycles. The molecule has 0 N–H and O–H groups in total. The van der Waals surface area contributed by atoms with Crippen LogP contribution in [0.3, 0.4) is 0 Å². The molecule has 1 aliphatic heterocycles. The number of hydrogen-bond acceptors (Lipinski definition) is 4. The summed E-state index contributed by atoms with van der Waals surface area (Å²) in [5.74, 6) is 0. The number of carbonyl (C=O) groups excluding carboxylic acids is 1. The van der Waals surface area contributed by atoms with Gasteiger partial charge in [-0.05, 0) is 40.5 Å². The number of rotatable bonds is 6. The number of amides is 1. The molecular weight excluding hydrogens is 338 g/mol. The van der Waals surface area contributed by atoms with E-state index in [1.54, 1.807) is 4.90 Å². The minimum Gasteiger partial charge on any atom is -0.444 e. The first-order chi connectivity index (χ1) is 9.82. The molecule has 1 fully saturated rings. The number of piperidine rings is 1. The van der Waals surface area contributed by atoms with Gasteiger partial charge in [0.2, 0.25) is 0 Å². The van der Waals surface area contributed by atoms with Crippen LogP contribution in [0.25, 0.3) is 0 Å². The summed E-state index contributed by atoms with van der Waals surface area (Å²) in [4.78, 5) is 13.9. The summed E-state index contributed by atoms with van der Waals surface area (Å²) in [5.41, 5.74) is -0.812. The van der Waals surface area contributed by atoms with E-state index in [0.29, 0.717) is 31.7 Å². The van der Waals surface area contributed by atoms with E-state index in [9.17, 15) is 4.79 Å². The van der Waals surface area contributed by atoms with Crippen molar-refractivity contribution >= 4 is 22.0 Å². The highest BCUT2D eigenvalue weighted by molar-refractivity contribution is 9.09. The maximum Gasteiger partial charge on any atom is 0.410 e. The maximum absolute atomic E-state index is 12.2. The lowest BCUT2D eigenvalue weighted by Crippen LogP contribution is -2.54. The van der Waals surface area contributed by atoms with Crippen LogP contribution in [0, 0.1) is 0 Å². The van der Waals surface area contributed by atoms with Crippen molar-refractivity contribution in [2.45, 2.75) is 51.7 Å². The maximum atomic E-state index is 12.2. The van der Waals surface area contributed by atoms with Gasteiger partial charge < -0.3 is 19.1 Å². The van der Waals surface area contributed by atoms with Gasteiger partial charge in [-0.25, -0.2) is 4.79 Å². The number of halogens is 1. The van der Waals surface area contributed by atoms with Crippen molar-refractivity contribution in [2.24, 2.45) is 0 Å². The highest BCUT2D eigenvalue weighted by Crippen LogP contribution is 2.28. The number of alkyl halides is 1. The summed E-state index contributed by atoms with van der Waals surface area (Å²) >= 11 is 3.53. The van der Waals surface area contributed by atoms with Crippen LogP contribution in [-0.2, 0) is 14.2 Å². The molecule has 1 heterocycles. The van der Waals surface area contributed by atoms with Crippen molar-refractivity contribution in [3.8, 4) is 0 Å². The average molecular weight is 366 g/mol. The molecule has 0 aromatic rings. The van der Waals surface area contributed by atoms with Crippen LogP contribution >= 0.6 is 15.9 Å². The zero-order chi connectivity index (χ0) is 15.9. The lowest BCUT2D eigenvalue weighted by atomic mass is 9.95. The first-order valence-corrected chi connectivity index (χ1v) is 8.70. The minimum atomic E-state index is -0.471. The van der Waals surface area contributed by atoms with Crippen LogP contribution in [0.5, 0.6) is 0 Å². The zero-order valence-corrected chi connectivity index (χ0v) is 15.2. The molecule has 1 aliphatic rings. The summed E-state index contributed by atoms with van der Waals surface area (Å²) in [5, 5.41) is 0.700. The molecule has 1 saturated heterocycles. The first-order valence-electron chi connectivity index (χ1n) is 7.57. The highest BCUT2D eigenvalue weighted by atomic mass is 79.9. The predicted molar refractivity (Wildman–Crippen MR) is 86.0 cm³/mol. The summed E-state index contributed by atoms with van der Waals surface area (Å²) in [7, 11) is 0. The zero-order valence-electron chi connectivity index (χ0n) is 13.6. The quantitative estimate of drug-likeness (QED) is 0.535. The molecule has 1 amide bonds. The number of likely N-dealkylation sites (tertiary alicyclic amines) is 1. The van der Waals surface area contributed by atoms with Crippen LogP contribution in [0.1, 0.15) is 40.5 Å². The van der Waals surface area contributed by atoms with Crippen LogP contribution < -0.4 is 0 Å². The second-order valence-electron chi connectivity index (χ2n) is 6.37. The molecule has 1 rings (SSSR count). The Morgan fingerprint density at radius 2 is 2.05 bits per heavy atom. The van der Waals surface area contributed by atoms with Crippen LogP contribution in [0.15, 0.2) is 0 Å². The number of carbonyl (C=O) groups is 1.